The summed E-state index contributed by atoms with van der Waals surface area (Å²) in [6.07, 6.45) is 4.92. The van der Waals surface area contributed by atoms with Crippen molar-refractivity contribution in [3.05, 3.63) is 37.2 Å². The second kappa shape index (κ2) is 8.14. The van der Waals surface area contributed by atoms with E-state index in [0.29, 0.717) is 39.3 Å². The molecule has 7 nitrogen and oxygen atoms in total. The Kier molecular flexibility index (Phi) is 5.91. The number of hydrogen-bond donors (Lipinski definition) is 2. The standard InChI is InChI=1S/C15H21N5O2/c1-2-5-17-14(21)12-19-8-10-20(11-9-19)15(22)18-13-3-6-16-7-4-13/h2-4,6-7H,1,5,8-12H2,(H,17,21)(H,16,18,22). The van der Waals surface area contributed by atoms with Crippen molar-refractivity contribution in [1.82, 2.24) is 20.1 Å². The topological polar surface area (TPSA) is 77.6 Å². The van der Waals surface area contributed by atoms with Crippen LogP contribution in [0.1, 0.15) is 0 Å². The van der Waals surface area contributed by atoms with E-state index >= 15 is 0 Å². The lowest BCUT2D eigenvalue weighted by Crippen LogP contribution is -2.52. The van der Waals surface area contributed by atoms with Crippen molar-refractivity contribution >= 4 is 17.6 Å². The zero-order chi connectivity index (χ0) is 15.8. The second-order valence-corrected chi connectivity index (χ2v) is 5.02. The first-order valence-corrected chi connectivity index (χ1v) is 7.25. The molecule has 0 unspecified atom stereocenters. The number of piperazine rings is 1. The molecule has 0 spiro atoms. The van der Waals surface area contributed by atoms with Gasteiger partial charge in [-0.25, -0.2) is 4.79 Å². The van der Waals surface area contributed by atoms with Crippen LogP contribution in [0.5, 0.6) is 0 Å². The van der Waals surface area contributed by atoms with Gasteiger partial charge in [0.1, 0.15) is 0 Å². The summed E-state index contributed by atoms with van der Waals surface area (Å²) < 4.78 is 0. The number of aromatic nitrogens is 1. The molecule has 118 valence electrons. The van der Waals surface area contributed by atoms with Crippen LogP contribution in [0, 0.1) is 0 Å². The van der Waals surface area contributed by atoms with Crippen LogP contribution in [-0.4, -0.2) is 66.0 Å². The van der Waals surface area contributed by atoms with Crippen molar-refractivity contribution < 1.29 is 9.59 Å². The van der Waals surface area contributed by atoms with Gasteiger partial charge in [0, 0.05) is 50.8 Å². The summed E-state index contributed by atoms with van der Waals surface area (Å²) in [5, 5.41) is 5.58. The summed E-state index contributed by atoms with van der Waals surface area (Å²) in [6.45, 7) is 6.97. The first-order chi connectivity index (χ1) is 10.7. The van der Waals surface area contributed by atoms with E-state index in [1.54, 1.807) is 35.5 Å². The number of anilines is 1. The van der Waals surface area contributed by atoms with Gasteiger partial charge in [0.2, 0.25) is 5.91 Å². The lowest BCUT2D eigenvalue weighted by molar-refractivity contribution is -0.122. The predicted molar refractivity (Wildman–Crippen MR) is 84.5 cm³/mol. The number of carbonyl (C=O) groups excluding carboxylic acids is 2. The summed E-state index contributed by atoms with van der Waals surface area (Å²) in [6, 6.07) is 3.37. The number of hydrogen-bond acceptors (Lipinski definition) is 4. The van der Waals surface area contributed by atoms with Crippen molar-refractivity contribution in [2.24, 2.45) is 0 Å². The molecule has 0 aromatic carbocycles. The smallest absolute Gasteiger partial charge is 0.321 e. The Bertz CT molecular complexity index is 512. The SMILES string of the molecule is C=CCNC(=O)CN1CCN(C(=O)Nc2ccncc2)CC1. The van der Waals surface area contributed by atoms with Gasteiger partial charge >= 0.3 is 6.03 Å². The first-order valence-electron chi connectivity index (χ1n) is 7.25. The van der Waals surface area contributed by atoms with E-state index in [1.807, 2.05) is 4.90 Å². The molecular formula is C15H21N5O2. The van der Waals surface area contributed by atoms with Crippen molar-refractivity contribution in [3.8, 4) is 0 Å². The average molecular weight is 303 g/mol. The zero-order valence-corrected chi connectivity index (χ0v) is 12.5. The summed E-state index contributed by atoms with van der Waals surface area (Å²) in [5.74, 6) is -0.0189. The van der Waals surface area contributed by atoms with Gasteiger partial charge in [-0.05, 0) is 12.1 Å². The third-order valence-electron chi connectivity index (χ3n) is 3.40. The van der Waals surface area contributed by atoms with Crippen molar-refractivity contribution in [3.63, 3.8) is 0 Å². The molecule has 3 amide bonds. The molecular weight excluding hydrogens is 282 g/mol. The molecule has 1 saturated heterocycles. The number of nitrogens with zero attached hydrogens (tertiary/aromatic N) is 3. The first kappa shape index (κ1) is 16.0. The lowest BCUT2D eigenvalue weighted by atomic mass is 10.3. The molecule has 0 atom stereocenters. The maximum atomic E-state index is 12.1. The van der Waals surface area contributed by atoms with E-state index in [1.165, 1.54) is 0 Å². The van der Waals surface area contributed by atoms with Crippen LogP contribution >= 0.6 is 0 Å². The Balaban J connectivity index is 1.73. The van der Waals surface area contributed by atoms with E-state index < -0.39 is 0 Å². The highest BCUT2D eigenvalue weighted by molar-refractivity contribution is 5.89. The molecule has 0 saturated carbocycles. The van der Waals surface area contributed by atoms with Crippen molar-refractivity contribution in [2.45, 2.75) is 0 Å². The van der Waals surface area contributed by atoms with Crippen LogP contribution in [0.4, 0.5) is 10.5 Å². The number of carbonyl (C=O) groups is 2. The average Bonchev–Trinajstić information content (AvgIpc) is 2.54. The molecule has 0 bridgehead atoms. The van der Waals surface area contributed by atoms with E-state index in [-0.39, 0.29) is 11.9 Å². The molecule has 0 aliphatic carbocycles. The predicted octanol–water partition coefficient (Wildman–Crippen LogP) is 0.533. The molecule has 2 rings (SSSR count). The number of amides is 3. The van der Waals surface area contributed by atoms with Gasteiger partial charge in [-0.3, -0.25) is 14.7 Å². The zero-order valence-electron chi connectivity index (χ0n) is 12.5. The Hall–Kier alpha value is -2.41. The van der Waals surface area contributed by atoms with Crippen LogP contribution < -0.4 is 10.6 Å². The van der Waals surface area contributed by atoms with Gasteiger partial charge < -0.3 is 15.5 Å². The molecule has 2 N–H and O–H groups in total. The normalized spacial score (nSPS) is 15.2. The Morgan fingerprint density at radius 1 is 1.23 bits per heavy atom. The molecule has 22 heavy (non-hydrogen) atoms. The molecule has 1 fully saturated rings. The highest BCUT2D eigenvalue weighted by Gasteiger charge is 2.22. The van der Waals surface area contributed by atoms with Gasteiger partial charge in [0.05, 0.1) is 6.54 Å². The second-order valence-electron chi connectivity index (χ2n) is 5.02. The maximum absolute atomic E-state index is 12.1. The molecule has 7 heteroatoms. The third-order valence-corrected chi connectivity index (χ3v) is 3.40. The summed E-state index contributed by atoms with van der Waals surface area (Å²) >= 11 is 0. The Labute approximate surface area is 130 Å². The molecule has 1 aliphatic heterocycles. The van der Waals surface area contributed by atoms with Crippen LogP contribution in [0.3, 0.4) is 0 Å². The van der Waals surface area contributed by atoms with Crippen LogP contribution in [0.25, 0.3) is 0 Å². The lowest BCUT2D eigenvalue weighted by Gasteiger charge is -2.34. The molecule has 1 aromatic heterocycles. The van der Waals surface area contributed by atoms with Crippen LogP contribution in [0.2, 0.25) is 0 Å². The molecule has 1 aromatic rings. The summed E-state index contributed by atoms with van der Waals surface area (Å²) in [5.41, 5.74) is 0.728. The van der Waals surface area contributed by atoms with E-state index in [4.69, 9.17) is 0 Å². The van der Waals surface area contributed by atoms with Gasteiger partial charge in [0.25, 0.3) is 0 Å². The fourth-order valence-electron chi connectivity index (χ4n) is 2.19. The molecule has 2 heterocycles. The van der Waals surface area contributed by atoms with Gasteiger partial charge in [-0.2, -0.15) is 0 Å². The minimum atomic E-state index is -0.123. The summed E-state index contributed by atoms with van der Waals surface area (Å²) in [4.78, 5) is 31.4. The van der Waals surface area contributed by atoms with E-state index in [2.05, 4.69) is 22.2 Å². The largest absolute Gasteiger partial charge is 0.352 e. The van der Waals surface area contributed by atoms with E-state index in [0.717, 1.165) is 5.69 Å². The quantitative estimate of drug-likeness (QED) is 0.778. The third kappa shape index (κ3) is 4.85. The fourth-order valence-corrected chi connectivity index (χ4v) is 2.19. The number of rotatable bonds is 5. The monoisotopic (exact) mass is 303 g/mol. The Morgan fingerprint density at radius 3 is 2.55 bits per heavy atom. The van der Waals surface area contributed by atoms with Crippen molar-refractivity contribution in [2.75, 3.05) is 44.6 Å². The van der Waals surface area contributed by atoms with Crippen molar-refractivity contribution in [1.29, 1.82) is 0 Å². The highest BCUT2D eigenvalue weighted by atomic mass is 16.2. The highest BCUT2D eigenvalue weighted by Crippen LogP contribution is 2.07. The Morgan fingerprint density at radius 2 is 1.91 bits per heavy atom. The maximum Gasteiger partial charge on any atom is 0.321 e. The molecule has 1 aliphatic rings. The van der Waals surface area contributed by atoms with Crippen LogP contribution in [0.15, 0.2) is 37.2 Å². The number of urea groups is 1. The minimum absolute atomic E-state index is 0.0189. The van der Waals surface area contributed by atoms with E-state index in [9.17, 15) is 9.59 Å². The summed E-state index contributed by atoms with van der Waals surface area (Å²) in [7, 11) is 0. The fraction of sp³-hybridized carbons (Fsp3) is 0.400. The van der Waals surface area contributed by atoms with Gasteiger partial charge in [-0.15, -0.1) is 6.58 Å². The van der Waals surface area contributed by atoms with Crippen LogP contribution in [-0.2, 0) is 4.79 Å². The number of pyridine rings is 1. The molecule has 0 radical (unpaired) electrons. The van der Waals surface area contributed by atoms with Gasteiger partial charge in [0.15, 0.2) is 0 Å². The number of nitrogens with one attached hydrogen (secondary N) is 2. The minimum Gasteiger partial charge on any atom is -0.352 e. The van der Waals surface area contributed by atoms with Gasteiger partial charge in [-0.1, -0.05) is 6.08 Å².